The average molecular weight is 242 g/mol. The predicted octanol–water partition coefficient (Wildman–Crippen LogP) is 1.97. The molecule has 0 aromatic carbocycles. The predicted molar refractivity (Wildman–Crippen MR) is 59.3 cm³/mol. The van der Waals surface area contributed by atoms with Crippen LogP contribution < -0.4 is 0 Å². The minimum absolute atomic E-state index is 0.240. The van der Waals surface area contributed by atoms with Crippen LogP contribution in [0.3, 0.4) is 0 Å². The van der Waals surface area contributed by atoms with Crippen molar-refractivity contribution >= 4 is 23.4 Å². The van der Waals surface area contributed by atoms with Gasteiger partial charge in [-0.1, -0.05) is 17.7 Å². The maximum atomic E-state index is 11.6. The minimum atomic E-state index is -0.912. The van der Waals surface area contributed by atoms with Gasteiger partial charge >= 0.3 is 5.97 Å². The number of esters is 1. The van der Waals surface area contributed by atoms with Crippen LogP contribution in [0.1, 0.15) is 25.3 Å². The third-order valence-electron chi connectivity index (χ3n) is 2.01. The number of carbonyl (C=O) groups is 2. The van der Waals surface area contributed by atoms with Crippen molar-refractivity contribution in [1.82, 2.24) is 4.98 Å². The zero-order valence-corrected chi connectivity index (χ0v) is 9.82. The van der Waals surface area contributed by atoms with E-state index in [9.17, 15) is 9.59 Å². The molecule has 0 aliphatic heterocycles. The van der Waals surface area contributed by atoms with Crippen molar-refractivity contribution in [3.05, 3.63) is 29.0 Å². The Balaban J connectivity index is 2.98. The molecular formula is C11H12ClNO3. The topological polar surface area (TPSA) is 56.3 Å². The first-order valence-electron chi connectivity index (χ1n) is 4.84. The third-order valence-corrected chi connectivity index (χ3v) is 2.24. The fraction of sp³-hybridized carbons (Fsp3) is 0.364. The number of rotatable bonds is 4. The number of nitrogens with zero attached hydrogens (tertiary/aromatic N) is 1. The van der Waals surface area contributed by atoms with Crippen LogP contribution in [0.5, 0.6) is 0 Å². The number of halogens is 1. The summed E-state index contributed by atoms with van der Waals surface area (Å²) in [5.74, 6) is -1.74. The summed E-state index contributed by atoms with van der Waals surface area (Å²) in [7, 11) is 0. The van der Waals surface area contributed by atoms with Crippen LogP contribution in [-0.4, -0.2) is 23.3 Å². The van der Waals surface area contributed by atoms with Gasteiger partial charge in [-0.05, 0) is 25.5 Å². The van der Waals surface area contributed by atoms with E-state index >= 15 is 0 Å². The van der Waals surface area contributed by atoms with E-state index in [0.717, 1.165) is 0 Å². The lowest BCUT2D eigenvalue weighted by Gasteiger charge is -2.12. The van der Waals surface area contributed by atoms with E-state index in [1.165, 1.54) is 19.2 Å². The number of ketones is 1. The van der Waals surface area contributed by atoms with Crippen LogP contribution in [0.4, 0.5) is 0 Å². The first-order chi connectivity index (χ1) is 7.56. The molecular weight excluding hydrogens is 230 g/mol. The Bertz CT molecular complexity index is 389. The third kappa shape index (κ3) is 3.03. The molecule has 0 aliphatic rings. The van der Waals surface area contributed by atoms with Crippen LogP contribution >= 0.6 is 11.6 Å². The summed E-state index contributed by atoms with van der Waals surface area (Å²) in [6.07, 6.45) is 1.41. The highest BCUT2D eigenvalue weighted by atomic mass is 35.5. The number of hydrogen-bond donors (Lipinski definition) is 0. The average Bonchev–Trinajstić information content (AvgIpc) is 2.21. The normalized spacial score (nSPS) is 11.9. The maximum absolute atomic E-state index is 11.6. The van der Waals surface area contributed by atoms with Gasteiger partial charge in [-0.2, -0.15) is 0 Å². The zero-order chi connectivity index (χ0) is 12.1. The van der Waals surface area contributed by atoms with Gasteiger partial charge in [-0.25, -0.2) is 4.98 Å². The molecule has 4 nitrogen and oxygen atoms in total. The lowest BCUT2D eigenvalue weighted by molar-refractivity contribution is -0.147. The maximum Gasteiger partial charge on any atom is 0.321 e. The molecule has 1 aromatic rings. The van der Waals surface area contributed by atoms with Crippen molar-refractivity contribution in [2.75, 3.05) is 6.61 Å². The van der Waals surface area contributed by atoms with Crippen molar-refractivity contribution in [2.24, 2.45) is 0 Å². The molecule has 0 saturated carbocycles. The largest absolute Gasteiger partial charge is 0.465 e. The number of carbonyl (C=O) groups excluding carboxylic acids is 2. The summed E-state index contributed by atoms with van der Waals surface area (Å²) < 4.78 is 4.83. The second kappa shape index (κ2) is 5.61. The first kappa shape index (κ1) is 12.6. The van der Waals surface area contributed by atoms with Gasteiger partial charge in [0.15, 0.2) is 0 Å². The molecule has 0 saturated heterocycles. The molecule has 1 heterocycles. The van der Waals surface area contributed by atoms with Gasteiger partial charge in [0.25, 0.3) is 0 Å². The molecule has 16 heavy (non-hydrogen) atoms. The summed E-state index contributed by atoms with van der Waals surface area (Å²) >= 11 is 5.62. The van der Waals surface area contributed by atoms with E-state index in [0.29, 0.717) is 10.7 Å². The highest BCUT2D eigenvalue weighted by molar-refractivity contribution is 6.29. The smallest absolute Gasteiger partial charge is 0.321 e. The molecule has 0 aliphatic carbocycles. The molecule has 0 N–H and O–H groups in total. The number of aromatic nitrogens is 1. The van der Waals surface area contributed by atoms with Crippen molar-refractivity contribution in [1.29, 1.82) is 0 Å². The fourth-order valence-corrected chi connectivity index (χ4v) is 1.43. The summed E-state index contributed by atoms with van der Waals surface area (Å²) in [4.78, 5) is 26.8. The molecule has 0 bridgehead atoms. The standard InChI is InChI=1S/C11H12ClNO3/c1-3-16-11(15)10(7(2)14)8-4-5-9(12)13-6-8/h4-6,10H,3H2,1-2H3. The zero-order valence-electron chi connectivity index (χ0n) is 9.07. The van der Waals surface area contributed by atoms with Gasteiger partial charge in [-0.15, -0.1) is 0 Å². The quantitative estimate of drug-likeness (QED) is 0.459. The van der Waals surface area contributed by atoms with Gasteiger partial charge in [0.1, 0.15) is 16.9 Å². The second-order valence-electron chi connectivity index (χ2n) is 3.21. The number of hydrogen-bond acceptors (Lipinski definition) is 4. The fourth-order valence-electron chi connectivity index (χ4n) is 1.32. The van der Waals surface area contributed by atoms with Crippen LogP contribution in [0.2, 0.25) is 5.15 Å². The van der Waals surface area contributed by atoms with Gasteiger partial charge in [0.05, 0.1) is 6.61 Å². The lowest BCUT2D eigenvalue weighted by Crippen LogP contribution is -2.22. The van der Waals surface area contributed by atoms with Gasteiger partial charge in [0.2, 0.25) is 0 Å². The van der Waals surface area contributed by atoms with Crippen molar-refractivity contribution in [3.63, 3.8) is 0 Å². The van der Waals surface area contributed by atoms with Crippen LogP contribution in [0.25, 0.3) is 0 Å². The molecule has 0 radical (unpaired) electrons. The molecule has 0 spiro atoms. The molecule has 1 rings (SSSR count). The SMILES string of the molecule is CCOC(=O)C(C(C)=O)c1ccc(Cl)nc1. The van der Waals surface area contributed by atoms with Crippen molar-refractivity contribution in [2.45, 2.75) is 19.8 Å². The monoisotopic (exact) mass is 241 g/mol. The molecule has 0 amide bonds. The van der Waals surface area contributed by atoms with Gasteiger partial charge in [0, 0.05) is 6.20 Å². The minimum Gasteiger partial charge on any atom is -0.465 e. The van der Waals surface area contributed by atoms with Crippen LogP contribution in [-0.2, 0) is 14.3 Å². The Hall–Kier alpha value is -1.42. The Morgan fingerprint density at radius 2 is 2.19 bits per heavy atom. The highest BCUT2D eigenvalue weighted by Crippen LogP contribution is 2.19. The van der Waals surface area contributed by atoms with Gasteiger partial charge in [-0.3, -0.25) is 9.59 Å². The Kier molecular flexibility index (Phi) is 4.43. The second-order valence-corrected chi connectivity index (χ2v) is 3.60. The van der Waals surface area contributed by atoms with E-state index in [1.807, 2.05) is 0 Å². The Labute approximate surface area is 98.6 Å². The molecule has 1 atom stereocenters. The number of ether oxygens (including phenoxy) is 1. The first-order valence-corrected chi connectivity index (χ1v) is 5.22. The van der Waals surface area contributed by atoms with E-state index in [2.05, 4.69) is 4.98 Å². The summed E-state index contributed by atoms with van der Waals surface area (Å²) in [6, 6.07) is 3.13. The Morgan fingerprint density at radius 1 is 1.50 bits per heavy atom. The van der Waals surface area contributed by atoms with Crippen molar-refractivity contribution < 1.29 is 14.3 Å². The Morgan fingerprint density at radius 3 is 2.62 bits per heavy atom. The highest BCUT2D eigenvalue weighted by Gasteiger charge is 2.26. The summed E-state index contributed by atoms with van der Waals surface area (Å²) in [5.41, 5.74) is 0.496. The van der Waals surface area contributed by atoms with E-state index < -0.39 is 11.9 Å². The molecule has 1 unspecified atom stereocenters. The summed E-state index contributed by atoms with van der Waals surface area (Å²) in [6.45, 7) is 3.27. The number of Topliss-reactive ketones (excluding diaryl/α,β-unsaturated/α-hetero) is 1. The van der Waals surface area contributed by atoms with Crippen molar-refractivity contribution in [3.8, 4) is 0 Å². The summed E-state index contributed by atoms with van der Waals surface area (Å²) in [5, 5.41) is 0.315. The van der Waals surface area contributed by atoms with E-state index in [4.69, 9.17) is 16.3 Å². The van der Waals surface area contributed by atoms with Gasteiger partial charge < -0.3 is 4.74 Å². The van der Waals surface area contributed by atoms with Crippen LogP contribution in [0.15, 0.2) is 18.3 Å². The van der Waals surface area contributed by atoms with E-state index in [-0.39, 0.29) is 12.4 Å². The number of pyridine rings is 1. The van der Waals surface area contributed by atoms with E-state index in [1.54, 1.807) is 13.0 Å². The molecule has 86 valence electrons. The lowest BCUT2D eigenvalue weighted by atomic mass is 9.97. The molecule has 0 fully saturated rings. The molecule has 5 heteroatoms. The molecule has 1 aromatic heterocycles. The van der Waals surface area contributed by atoms with Crippen LogP contribution in [0, 0.1) is 0 Å².